The Labute approximate surface area is 198 Å². The number of esters is 1. The molecule has 1 aliphatic rings. The van der Waals surface area contributed by atoms with Crippen LogP contribution < -0.4 is 5.32 Å². The Hall–Kier alpha value is -4.11. The summed E-state index contributed by atoms with van der Waals surface area (Å²) in [6.45, 7) is 3.33. The normalized spacial score (nSPS) is 13.4. The zero-order chi connectivity index (χ0) is 24.1. The number of fused-ring (bicyclic) bond motifs is 3. The number of hydrogen-bond donors (Lipinski definition) is 1. The number of anilines is 1. The molecule has 2 aromatic heterocycles. The lowest BCUT2D eigenvalue weighted by atomic mass is 9.84. The lowest BCUT2D eigenvalue weighted by Gasteiger charge is -2.19. The van der Waals surface area contributed by atoms with E-state index in [2.05, 4.69) is 10.4 Å². The zero-order valence-corrected chi connectivity index (χ0v) is 19.4. The number of hydrogen-bond acceptors (Lipinski definition) is 7. The van der Waals surface area contributed by atoms with E-state index in [4.69, 9.17) is 4.74 Å². The molecule has 5 rings (SSSR count). The number of carbonyl (C=O) groups is 4. The van der Waals surface area contributed by atoms with Crippen LogP contribution in [0.5, 0.6) is 0 Å². The summed E-state index contributed by atoms with van der Waals surface area (Å²) in [5, 5.41) is 7.83. The molecule has 9 heteroatoms. The first-order chi connectivity index (χ1) is 16.2. The molecule has 0 saturated carbocycles. The van der Waals surface area contributed by atoms with Gasteiger partial charge in [0.15, 0.2) is 17.7 Å². The van der Waals surface area contributed by atoms with Crippen LogP contribution >= 0.6 is 11.3 Å². The Morgan fingerprint density at radius 3 is 2.32 bits per heavy atom. The van der Waals surface area contributed by atoms with Gasteiger partial charge in [-0.1, -0.05) is 24.3 Å². The third kappa shape index (κ3) is 3.50. The Bertz CT molecular complexity index is 1500. The van der Waals surface area contributed by atoms with E-state index in [-0.39, 0.29) is 22.7 Å². The second-order valence-electron chi connectivity index (χ2n) is 8.04. The number of amides is 1. The number of nitrogens with one attached hydrogen (secondary N) is 1. The van der Waals surface area contributed by atoms with Crippen molar-refractivity contribution in [3.8, 4) is 0 Å². The van der Waals surface area contributed by atoms with Gasteiger partial charge in [-0.25, -0.2) is 4.79 Å². The maximum Gasteiger partial charge on any atom is 0.349 e. The summed E-state index contributed by atoms with van der Waals surface area (Å²) in [4.78, 5) is 52.1. The number of aromatic nitrogens is 2. The van der Waals surface area contributed by atoms with Crippen molar-refractivity contribution in [1.82, 2.24) is 9.78 Å². The molecular formula is C25H19N3O5S. The first kappa shape index (κ1) is 21.7. The second kappa shape index (κ2) is 8.03. The summed E-state index contributed by atoms with van der Waals surface area (Å²) in [6, 6.07) is 12.9. The van der Waals surface area contributed by atoms with E-state index >= 15 is 0 Å². The van der Waals surface area contributed by atoms with Crippen molar-refractivity contribution in [1.29, 1.82) is 0 Å². The number of benzene rings is 2. The largest absolute Gasteiger partial charge is 0.448 e. The van der Waals surface area contributed by atoms with Crippen LogP contribution in [0.2, 0.25) is 0 Å². The van der Waals surface area contributed by atoms with Crippen molar-refractivity contribution in [2.75, 3.05) is 5.32 Å². The highest BCUT2D eigenvalue weighted by atomic mass is 32.1. The Morgan fingerprint density at radius 1 is 1.00 bits per heavy atom. The molecule has 0 radical (unpaired) electrons. The molecule has 0 fully saturated rings. The van der Waals surface area contributed by atoms with Crippen molar-refractivity contribution in [2.45, 2.75) is 20.0 Å². The molecule has 1 N–H and O–H groups in total. The minimum absolute atomic E-state index is 0.223. The van der Waals surface area contributed by atoms with Crippen LogP contribution in [0.3, 0.4) is 0 Å². The molecule has 0 aliphatic heterocycles. The average molecular weight is 474 g/mol. The van der Waals surface area contributed by atoms with E-state index in [1.54, 1.807) is 48.1 Å². The first-order valence-corrected chi connectivity index (χ1v) is 11.3. The number of aryl methyl sites for hydroxylation is 2. The lowest BCUT2D eigenvalue weighted by molar-refractivity contribution is -0.123. The molecule has 0 spiro atoms. The number of carbonyl (C=O) groups excluding carboxylic acids is 4. The van der Waals surface area contributed by atoms with E-state index in [0.29, 0.717) is 21.7 Å². The fourth-order valence-corrected chi connectivity index (χ4v) is 5.01. The fraction of sp³-hybridized carbons (Fsp3) is 0.160. The monoisotopic (exact) mass is 473 g/mol. The van der Waals surface area contributed by atoms with Crippen LogP contribution in [0.25, 0.3) is 10.2 Å². The van der Waals surface area contributed by atoms with Crippen molar-refractivity contribution in [3.05, 3.63) is 81.4 Å². The van der Waals surface area contributed by atoms with Gasteiger partial charge in [-0.05, 0) is 38.1 Å². The van der Waals surface area contributed by atoms with Crippen LogP contribution in [-0.2, 0) is 16.6 Å². The summed E-state index contributed by atoms with van der Waals surface area (Å²) in [7, 11) is 1.80. The Morgan fingerprint density at radius 2 is 1.65 bits per heavy atom. The van der Waals surface area contributed by atoms with E-state index in [0.717, 1.165) is 15.9 Å². The molecule has 2 heterocycles. The summed E-state index contributed by atoms with van der Waals surface area (Å²) in [5.74, 6) is -1.68. The van der Waals surface area contributed by atoms with E-state index < -0.39 is 18.0 Å². The van der Waals surface area contributed by atoms with Crippen molar-refractivity contribution >= 4 is 50.7 Å². The number of nitrogens with zero attached hydrogens (tertiary/aromatic N) is 2. The van der Waals surface area contributed by atoms with Crippen molar-refractivity contribution in [3.63, 3.8) is 0 Å². The molecule has 170 valence electrons. The van der Waals surface area contributed by atoms with Crippen LogP contribution in [0.4, 0.5) is 5.69 Å². The number of rotatable bonds is 4. The summed E-state index contributed by atoms with van der Waals surface area (Å²) in [6.07, 6.45) is -1.08. The molecule has 1 atom stereocenters. The standard InChI is InChI=1S/C25H19N3O5S/c1-12-18-11-20(34-24(18)28(3)27-12)25(32)33-13(2)23(31)26-14-8-9-17-19(10-14)22(30)16-7-5-4-6-15(16)21(17)29/h4-11,13H,1-3H3,(H,26,31). The van der Waals surface area contributed by atoms with Gasteiger partial charge in [0.1, 0.15) is 9.71 Å². The van der Waals surface area contributed by atoms with Gasteiger partial charge in [0.2, 0.25) is 0 Å². The predicted octanol–water partition coefficient (Wildman–Crippen LogP) is 3.90. The summed E-state index contributed by atoms with van der Waals surface area (Å²) >= 11 is 1.25. The molecule has 2 aromatic carbocycles. The maximum absolute atomic E-state index is 12.9. The van der Waals surface area contributed by atoms with Gasteiger partial charge >= 0.3 is 5.97 Å². The molecular weight excluding hydrogens is 454 g/mol. The van der Waals surface area contributed by atoms with Crippen molar-refractivity contribution < 1.29 is 23.9 Å². The average Bonchev–Trinajstić information content (AvgIpc) is 3.38. The molecule has 4 aromatic rings. The molecule has 0 saturated heterocycles. The van der Waals surface area contributed by atoms with Crippen LogP contribution in [0.15, 0.2) is 48.5 Å². The predicted molar refractivity (Wildman–Crippen MR) is 127 cm³/mol. The third-order valence-electron chi connectivity index (χ3n) is 5.74. The molecule has 1 amide bonds. The minimum atomic E-state index is -1.08. The maximum atomic E-state index is 12.9. The topological polar surface area (TPSA) is 107 Å². The van der Waals surface area contributed by atoms with Gasteiger partial charge in [0.25, 0.3) is 5.91 Å². The van der Waals surface area contributed by atoms with Gasteiger partial charge in [0.05, 0.1) is 5.69 Å². The van der Waals surface area contributed by atoms with Gasteiger partial charge in [0, 0.05) is 40.4 Å². The first-order valence-electron chi connectivity index (χ1n) is 10.5. The van der Waals surface area contributed by atoms with E-state index in [1.807, 2.05) is 6.92 Å². The highest BCUT2D eigenvalue weighted by Gasteiger charge is 2.30. The SMILES string of the molecule is Cc1nn(C)c2sc(C(=O)OC(C)C(=O)Nc3ccc4c(c3)C(=O)c3ccccc3C4=O)cc12. The highest BCUT2D eigenvalue weighted by Crippen LogP contribution is 2.30. The molecule has 34 heavy (non-hydrogen) atoms. The third-order valence-corrected chi connectivity index (χ3v) is 6.92. The number of ether oxygens (including phenoxy) is 1. The zero-order valence-electron chi connectivity index (χ0n) is 18.5. The van der Waals surface area contributed by atoms with Gasteiger partial charge in [-0.15, -0.1) is 11.3 Å². The lowest BCUT2D eigenvalue weighted by Crippen LogP contribution is -2.30. The van der Waals surface area contributed by atoms with Crippen LogP contribution in [0.1, 0.15) is 54.1 Å². The van der Waals surface area contributed by atoms with E-state index in [1.165, 1.54) is 30.4 Å². The highest BCUT2D eigenvalue weighted by molar-refractivity contribution is 7.20. The fourth-order valence-electron chi connectivity index (χ4n) is 4.00. The molecule has 0 bridgehead atoms. The molecule has 1 unspecified atom stereocenters. The van der Waals surface area contributed by atoms with Gasteiger partial charge in [-0.2, -0.15) is 5.10 Å². The van der Waals surface area contributed by atoms with Crippen LogP contribution in [-0.4, -0.2) is 39.3 Å². The minimum Gasteiger partial charge on any atom is -0.448 e. The Balaban J connectivity index is 1.31. The number of ketones is 2. The molecule has 1 aliphatic carbocycles. The summed E-state index contributed by atoms with van der Waals surface area (Å²) in [5.41, 5.74) is 2.34. The molecule has 8 nitrogen and oxygen atoms in total. The second-order valence-corrected chi connectivity index (χ2v) is 9.07. The Kier molecular flexibility index (Phi) is 5.13. The van der Waals surface area contributed by atoms with Crippen molar-refractivity contribution in [2.24, 2.45) is 7.05 Å². The van der Waals surface area contributed by atoms with Gasteiger partial charge in [-0.3, -0.25) is 19.1 Å². The van der Waals surface area contributed by atoms with Crippen LogP contribution in [0, 0.1) is 6.92 Å². The number of thiophene rings is 1. The van der Waals surface area contributed by atoms with Gasteiger partial charge < -0.3 is 10.1 Å². The summed E-state index contributed by atoms with van der Waals surface area (Å²) < 4.78 is 7.05. The quantitative estimate of drug-likeness (QED) is 0.397. The smallest absolute Gasteiger partial charge is 0.349 e. The van der Waals surface area contributed by atoms with E-state index in [9.17, 15) is 19.2 Å².